The number of methoxy groups -OCH3 is 1. The maximum Gasteiger partial charge on any atom is 0.234 e. The summed E-state index contributed by atoms with van der Waals surface area (Å²) in [6, 6.07) is 12.9. The van der Waals surface area contributed by atoms with Crippen LogP contribution in [-0.2, 0) is 10.5 Å². The molecule has 1 amide bonds. The molecular formula is C16H15Cl2NO2S. The first-order chi connectivity index (χ1) is 10.6. The Kier molecular flexibility index (Phi) is 6.43. The van der Waals surface area contributed by atoms with Gasteiger partial charge in [-0.2, -0.15) is 0 Å². The number of rotatable bonds is 6. The summed E-state index contributed by atoms with van der Waals surface area (Å²) in [5.41, 5.74) is 1.67. The van der Waals surface area contributed by atoms with Gasteiger partial charge in [0.15, 0.2) is 0 Å². The molecular weight excluding hydrogens is 341 g/mol. The van der Waals surface area contributed by atoms with Crippen molar-refractivity contribution in [1.29, 1.82) is 0 Å². The van der Waals surface area contributed by atoms with Gasteiger partial charge in [-0.1, -0.05) is 41.4 Å². The first-order valence-electron chi connectivity index (χ1n) is 6.54. The normalized spacial score (nSPS) is 10.3. The van der Waals surface area contributed by atoms with Gasteiger partial charge >= 0.3 is 0 Å². The molecule has 0 aliphatic carbocycles. The maximum absolute atomic E-state index is 11.9. The summed E-state index contributed by atoms with van der Waals surface area (Å²) < 4.78 is 5.10. The molecule has 0 saturated carbocycles. The molecule has 0 aliphatic rings. The summed E-state index contributed by atoms with van der Waals surface area (Å²) in [7, 11) is 1.63. The summed E-state index contributed by atoms with van der Waals surface area (Å²) in [5.74, 6) is 1.81. The van der Waals surface area contributed by atoms with Crippen molar-refractivity contribution >= 4 is 46.6 Å². The molecule has 0 unspecified atom stereocenters. The van der Waals surface area contributed by atoms with Crippen LogP contribution in [0, 0.1) is 0 Å². The fourth-order valence-corrected chi connectivity index (χ4v) is 2.91. The molecule has 0 saturated heterocycles. The second kappa shape index (κ2) is 8.32. The van der Waals surface area contributed by atoms with E-state index in [1.807, 2.05) is 24.3 Å². The monoisotopic (exact) mass is 355 g/mol. The Hall–Kier alpha value is -1.36. The van der Waals surface area contributed by atoms with E-state index in [1.54, 1.807) is 25.3 Å². The van der Waals surface area contributed by atoms with Crippen molar-refractivity contribution in [2.24, 2.45) is 0 Å². The number of benzene rings is 2. The Morgan fingerprint density at radius 1 is 1.18 bits per heavy atom. The van der Waals surface area contributed by atoms with Crippen molar-refractivity contribution in [3.05, 3.63) is 58.1 Å². The van der Waals surface area contributed by atoms with Crippen LogP contribution in [-0.4, -0.2) is 18.8 Å². The topological polar surface area (TPSA) is 38.3 Å². The van der Waals surface area contributed by atoms with E-state index >= 15 is 0 Å². The lowest BCUT2D eigenvalue weighted by atomic mass is 10.2. The average Bonchev–Trinajstić information content (AvgIpc) is 2.52. The first kappa shape index (κ1) is 17.0. The largest absolute Gasteiger partial charge is 0.497 e. The summed E-state index contributed by atoms with van der Waals surface area (Å²) in [5, 5.41) is 3.54. The number of carbonyl (C=O) groups excluding carboxylic acids is 1. The van der Waals surface area contributed by atoms with E-state index in [0.29, 0.717) is 21.5 Å². The van der Waals surface area contributed by atoms with Gasteiger partial charge in [0.1, 0.15) is 5.75 Å². The minimum Gasteiger partial charge on any atom is -0.497 e. The summed E-state index contributed by atoms with van der Waals surface area (Å²) in [6.07, 6.45) is 0. The first-order valence-corrected chi connectivity index (χ1v) is 8.45. The molecule has 0 heterocycles. The number of hydrogen-bond acceptors (Lipinski definition) is 3. The molecule has 0 spiro atoms. The zero-order valence-electron chi connectivity index (χ0n) is 11.9. The molecule has 2 aromatic rings. The number of ether oxygens (including phenoxy) is 1. The maximum atomic E-state index is 11.9. The van der Waals surface area contributed by atoms with Crippen LogP contribution >= 0.6 is 35.0 Å². The van der Waals surface area contributed by atoms with Gasteiger partial charge in [-0.25, -0.2) is 0 Å². The third kappa shape index (κ3) is 4.83. The molecule has 1 N–H and O–H groups in total. The van der Waals surface area contributed by atoms with Crippen LogP contribution in [0.4, 0.5) is 5.69 Å². The number of amides is 1. The molecule has 0 aliphatic heterocycles. The zero-order valence-corrected chi connectivity index (χ0v) is 14.3. The number of halogens is 2. The Bertz CT molecular complexity index is 647. The zero-order chi connectivity index (χ0) is 15.9. The molecule has 2 aromatic carbocycles. The van der Waals surface area contributed by atoms with Gasteiger partial charge in [0.2, 0.25) is 5.91 Å². The number of anilines is 1. The summed E-state index contributed by atoms with van der Waals surface area (Å²) in [4.78, 5) is 11.9. The van der Waals surface area contributed by atoms with Crippen LogP contribution in [0.15, 0.2) is 42.5 Å². The highest BCUT2D eigenvalue weighted by molar-refractivity contribution is 7.99. The number of thioether (sulfide) groups is 1. The molecule has 2 rings (SSSR count). The standard InChI is InChI=1S/C16H15Cl2NO2S/c1-21-12-7-5-11(6-8-12)9-22-10-15(20)19-14-4-2-3-13(17)16(14)18/h2-8H,9-10H2,1H3,(H,19,20). The molecule has 0 radical (unpaired) electrons. The van der Waals surface area contributed by atoms with E-state index < -0.39 is 0 Å². The Balaban J connectivity index is 1.81. The van der Waals surface area contributed by atoms with Gasteiger partial charge in [-0.15, -0.1) is 11.8 Å². The predicted molar refractivity (Wildman–Crippen MR) is 94.2 cm³/mol. The third-order valence-electron chi connectivity index (χ3n) is 2.89. The van der Waals surface area contributed by atoms with Gasteiger partial charge in [0, 0.05) is 5.75 Å². The van der Waals surface area contributed by atoms with Crippen LogP contribution < -0.4 is 10.1 Å². The Morgan fingerprint density at radius 3 is 2.59 bits per heavy atom. The Labute approximate surface area is 144 Å². The van der Waals surface area contributed by atoms with Crippen LogP contribution in [0.5, 0.6) is 5.75 Å². The molecule has 0 atom stereocenters. The van der Waals surface area contributed by atoms with Crippen molar-refractivity contribution in [2.75, 3.05) is 18.2 Å². The minimum absolute atomic E-state index is 0.109. The molecule has 3 nitrogen and oxygen atoms in total. The van der Waals surface area contributed by atoms with Gasteiger partial charge in [0.05, 0.1) is 28.6 Å². The van der Waals surface area contributed by atoms with Crippen molar-refractivity contribution in [2.45, 2.75) is 5.75 Å². The lowest BCUT2D eigenvalue weighted by molar-refractivity contribution is -0.113. The number of carbonyl (C=O) groups is 1. The van der Waals surface area contributed by atoms with Crippen molar-refractivity contribution in [3.8, 4) is 5.75 Å². The van der Waals surface area contributed by atoms with Crippen molar-refractivity contribution in [1.82, 2.24) is 0 Å². The Morgan fingerprint density at radius 2 is 1.91 bits per heavy atom. The average molecular weight is 356 g/mol. The highest BCUT2D eigenvalue weighted by Crippen LogP contribution is 2.29. The smallest absolute Gasteiger partial charge is 0.234 e. The molecule has 6 heteroatoms. The van der Waals surface area contributed by atoms with E-state index in [1.165, 1.54) is 11.8 Å². The van der Waals surface area contributed by atoms with Crippen LogP contribution in [0.2, 0.25) is 10.0 Å². The lowest BCUT2D eigenvalue weighted by Crippen LogP contribution is -2.14. The highest BCUT2D eigenvalue weighted by atomic mass is 35.5. The van der Waals surface area contributed by atoms with Gasteiger partial charge < -0.3 is 10.1 Å². The van der Waals surface area contributed by atoms with E-state index in [4.69, 9.17) is 27.9 Å². The molecule has 0 bridgehead atoms. The van der Waals surface area contributed by atoms with Gasteiger partial charge in [-0.3, -0.25) is 4.79 Å². The third-order valence-corrected chi connectivity index (χ3v) is 4.71. The minimum atomic E-state index is -0.109. The van der Waals surface area contributed by atoms with E-state index in [0.717, 1.165) is 17.1 Å². The summed E-state index contributed by atoms with van der Waals surface area (Å²) >= 11 is 13.5. The van der Waals surface area contributed by atoms with Crippen LogP contribution in [0.3, 0.4) is 0 Å². The SMILES string of the molecule is COc1ccc(CSCC(=O)Nc2cccc(Cl)c2Cl)cc1. The second-order valence-electron chi connectivity index (χ2n) is 4.49. The fraction of sp³-hybridized carbons (Fsp3) is 0.188. The number of nitrogens with one attached hydrogen (secondary N) is 1. The van der Waals surface area contributed by atoms with E-state index in [-0.39, 0.29) is 5.91 Å². The van der Waals surface area contributed by atoms with Crippen molar-refractivity contribution in [3.63, 3.8) is 0 Å². The fourth-order valence-electron chi connectivity index (χ4n) is 1.77. The summed E-state index contributed by atoms with van der Waals surface area (Å²) in [6.45, 7) is 0. The number of hydrogen-bond donors (Lipinski definition) is 1. The quantitative estimate of drug-likeness (QED) is 0.802. The highest BCUT2D eigenvalue weighted by Gasteiger charge is 2.08. The van der Waals surface area contributed by atoms with E-state index in [2.05, 4.69) is 5.32 Å². The van der Waals surface area contributed by atoms with Gasteiger partial charge in [-0.05, 0) is 29.8 Å². The van der Waals surface area contributed by atoms with Crippen molar-refractivity contribution < 1.29 is 9.53 Å². The van der Waals surface area contributed by atoms with Gasteiger partial charge in [0.25, 0.3) is 0 Å². The molecule has 22 heavy (non-hydrogen) atoms. The van der Waals surface area contributed by atoms with E-state index in [9.17, 15) is 4.79 Å². The van der Waals surface area contributed by atoms with Crippen LogP contribution in [0.25, 0.3) is 0 Å². The lowest BCUT2D eigenvalue weighted by Gasteiger charge is -2.08. The van der Waals surface area contributed by atoms with Crippen LogP contribution in [0.1, 0.15) is 5.56 Å². The second-order valence-corrected chi connectivity index (χ2v) is 6.26. The molecule has 0 fully saturated rings. The predicted octanol–water partition coefficient (Wildman–Crippen LogP) is 4.87. The molecule has 116 valence electrons. The molecule has 0 aromatic heterocycles.